The normalized spacial score (nSPS) is 11.9. The van der Waals surface area contributed by atoms with Gasteiger partial charge in [-0.15, -0.1) is 0 Å². The number of rotatable bonds is 16. The second-order valence-corrected chi connectivity index (χ2v) is 17.4. The summed E-state index contributed by atoms with van der Waals surface area (Å²) >= 11 is 0. The van der Waals surface area contributed by atoms with Gasteiger partial charge in [-0.25, -0.2) is 23.7 Å². The van der Waals surface area contributed by atoms with Crippen molar-refractivity contribution in [2.75, 3.05) is 44.6 Å². The van der Waals surface area contributed by atoms with Crippen molar-refractivity contribution >= 4 is 75.9 Å². The Morgan fingerprint density at radius 2 is 0.817 bits per heavy atom. The van der Waals surface area contributed by atoms with Gasteiger partial charge in [-0.3, -0.25) is 14.6 Å². The Morgan fingerprint density at radius 3 is 1.20 bits per heavy atom. The van der Waals surface area contributed by atoms with E-state index in [4.69, 9.17) is 9.97 Å². The van der Waals surface area contributed by atoms with E-state index in [9.17, 15) is 34.5 Å². The Bertz CT molecular complexity index is 3390. The Kier molecular flexibility index (Phi) is 13.5. The van der Waals surface area contributed by atoms with Gasteiger partial charge in [-0.1, -0.05) is 18.2 Å². The first kappa shape index (κ1) is 47.1. The van der Waals surface area contributed by atoms with Gasteiger partial charge >= 0.3 is 0 Å². The van der Waals surface area contributed by atoms with E-state index in [-0.39, 0.29) is 13.1 Å². The number of carboxylic acid groups (broad SMARTS) is 3. The number of hydrogen-bond acceptors (Lipinski definition) is 11. The van der Waals surface area contributed by atoms with Gasteiger partial charge in [0.2, 0.25) is 5.91 Å². The molecule has 1 aromatic carbocycles. The molecule has 6 aromatic heterocycles. The number of carboxylic acids is 3. The molecule has 0 radical (unpaired) electrons. The Labute approximate surface area is 407 Å². The van der Waals surface area contributed by atoms with Gasteiger partial charge in [0.05, 0.1) is 47.2 Å². The predicted molar refractivity (Wildman–Crippen MR) is 261 cm³/mol. The zero-order valence-corrected chi connectivity index (χ0v) is 39.1. The third-order valence-corrected chi connectivity index (χ3v) is 12.2. The molecule has 17 nitrogen and oxygen atoms in total. The lowest BCUT2D eigenvalue weighted by Crippen LogP contribution is -2.49. The number of aliphatic carboxylic acids is 3. The Morgan fingerprint density at radius 1 is 0.479 bits per heavy atom. The highest BCUT2D eigenvalue weighted by Gasteiger charge is 2.22. The van der Waals surface area contributed by atoms with Crippen LogP contribution in [0.25, 0.3) is 90.9 Å². The quantitative estimate of drug-likeness (QED) is 0.118. The van der Waals surface area contributed by atoms with Gasteiger partial charge in [0.15, 0.2) is 37.2 Å². The molecule has 8 bridgehead atoms. The molecule has 0 saturated heterocycles. The number of nitrogens with zero attached hydrogens (tertiary/aromatic N) is 7. The smallest absolute Gasteiger partial charge is 0.238 e. The molecule has 3 N–H and O–H groups in total. The molecule has 0 fully saturated rings. The molecule has 1 amide bonds. The summed E-state index contributed by atoms with van der Waals surface area (Å²) in [6.07, 6.45) is 19.9. The average Bonchev–Trinajstić information content (AvgIpc) is 4.18. The number of pyridine rings is 3. The van der Waals surface area contributed by atoms with Crippen molar-refractivity contribution in [2.24, 2.45) is 21.1 Å². The van der Waals surface area contributed by atoms with Crippen LogP contribution in [0.2, 0.25) is 0 Å². The van der Waals surface area contributed by atoms with Crippen molar-refractivity contribution < 1.29 is 48.2 Å². The van der Waals surface area contributed by atoms with Gasteiger partial charge in [0.25, 0.3) is 0 Å². The molecule has 356 valence electrons. The Balaban J connectivity index is 1.26. The molecule has 0 atom stereocenters. The summed E-state index contributed by atoms with van der Waals surface area (Å²) in [5.74, 6) is -5.13. The standard InChI is InChI=1S/C54H48N10O7/c1-60-22-16-34(17-23-60)51-39-8-10-41(55-39)52(35-18-24-61(2)25-19-35)43-12-14-45(57-43)54(46-15-13-44(58-46)53(42-11-9-40(51)56-42)36-20-26-62(3)27-21-36)37-6-4-5-7-38(37)59-47(65)30-63(31-48(66)67)28-29-64(32-49(68)69)33-50(70)71/h4-27H,28-33H2,1-3H3,(H3-2,55,56,57,58,59,65,66,67,68,69,70,71). The fourth-order valence-corrected chi connectivity index (χ4v) is 8.86. The molecule has 2 aliphatic rings. The number of aromatic amines is 2. The first-order chi connectivity index (χ1) is 34.3. The van der Waals surface area contributed by atoms with Crippen molar-refractivity contribution in [1.82, 2.24) is 29.7 Å². The number of nitrogens with one attached hydrogen (secondary N) is 3. The zero-order chi connectivity index (χ0) is 49.8. The topological polar surface area (TPSA) is 225 Å². The maximum absolute atomic E-state index is 14.0. The molecule has 8 heterocycles. The number of para-hydroxylation sites is 1. The number of amides is 1. The maximum Gasteiger partial charge on any atom is 0.238 e. The summed E-state index contributed by atoms with van der Waals surface area (Å²) < 4.78 is 5.92. The van der Waals surface area contributed by atoms with Crippen molar-refractivity contribution in [3.8, 4) is 44.5 Å². The molecular formula is C54H48N10O7. The van der Waals surface area contributed by atoms with E-state index in [1.54, 1.807) is 12.1 Å². The Hall–Kier alpha value is -8.93. The molecule has 0 spiro atoms. The first-order valence-corrected chi connectivity index (χ1v) is 22.7. The highest BCUT2D eigenvalue weighted by molar-refractivity contribution is 6.03. The fourth-order valence-electron chi connectivity index (χ4n) is 8.86. The summed E-state index contributed by atoms with van der Waals surface area (Å²) in [5.41, 5.74) is 12.9. The summed E-state index contributed by atoms with van der Waals surface area (Å²) in [7, 11) is 5.90. The predicted octanol–water partition coefficient (Wildman–Crippen LogP) is 1.59. The van der Waals surface area contributed by atoms with Crippen LogP contribution in [0.1, 0.15) is 22.8 Å². The van der Waals surface area contributed by atoms with E-state index < -0.39 is 50.0 Å². The van der Waals surface area contributed by atoms with E-state index in [0.717, 1.165) is 66.2 Å². The number of fused-ring (bicyclic) bond motifs is 8. The van der Waals surface area contributed by atoms with Crippen LogP contribution < -0.4 is 34.3 Å². The van der Waals surface area contributed by atoms with E-state index in [1.807, 2.05) is 145 Å². The van der Waals surface area contributed by atoms with E-state index in [0.29, 0.717) is 33.7 Å². The minimum Gasteiger partial charge on any atom is -0.549 e. The SMILES string of the molecule is C[n+]1ccc(-c2c3nc(c(-c4cc[n+](C)cc4)c4ccc([nH]4)c(-c4ccccc4NC(=O)CN(CCN(CC(=O)[O-])CC(=O)[O-])CC(=O)[O-])c4nc(c(-c5cc[n+](C)cc5)c5ccc2[nH]5)C=C4)C=C3)cc1. The second kappa shape index (κ2) is 20.3. The molecule has 17 heteroatoms. The number of anilines is 1. The summed E-state index contributed by atoms with van der Waals surface area (Å²) in [5, 5.41) is 37.5. The second-order valence-electron chi connectivity index (χ2n) is 17.4. The lowest BCUT2D eigenvalue weighted by Gasteiger charge is -2.28. The lowest BCUT2D eigenvalue weighted by atomic mass is 10.0. The largest absolute Gasteiger partial charge is 0.549 e. The van der Waals surface area contributed by atoms with Gasteiger partial charge in [-0.05, 0) is 71.3 Å². The molecule has 2 aliphatic heterocycles. The van der Waals surface area contributed by atoms with Crippen molar-refractivity contribution in [3.05, 3.63) is 145 Å². The fraction of sp³-hybridized carbons (Fsp3) is 0.167. The molecule has 0 unspecified atom stereocenters. The third-order valence-electron chi connectivity index (χ3n) is 12.2. The van der Waals surface area contributed by atoms with Crippen LogP contribution >= 0.6 is 0 Å². The van der Waals surface area contributed by atoms with E-state index in [2.05, 4.69) is 39.6 Å². The van der Waals surface area contributed by atoms with Crippen molar-refractivity contribution in [1.29, 1.82) is 0 Å². The maximum atomic E-state index is 14.0. The highest BCUT2D eigenvalue weighted by Crippen LogP contribution is 2.39. The van der Waals surface area contributed by atoms with Gasteiger partial charge in [0.1, 0.15) is 21.1 Å². The summed E-state index contributed by atoms with van der Waals surface area (Å²) in [6.45, 7) is -3.02. The van der Waals surface area contributed by atoms with Crippen molar-refractivity contribution in [2.45, 2.75) is 0 Å². The van der Waals surface area contributed by atoms with Gasteiger partial charge in [-0.2, -0.15) is 0 Å². The van der Waals surface area contributed by atoms with Crippen LogP contribution in [-0.4, -0.2) is 92.8 Å². The van der Waals surface area contributed by atoms with E-state index >= 15 is 0 Å². The first-order valence-electron chi connectivity index (χ1n) is 22.7. The number of aromatic nitrogens is 7. The van der Waals surface area contributed by atoms with Crippen LogP contribution in [-0.2, 0) is 40.3 Å². The van der Waals surface area contributed by atoms with Crippen LogP contribution in [0.4, 0.5) is 5.69 Å². The number of benzene rings is 1. The monoisotopic (exact) mass is 948 g/mol. The minimum absolute atomic E-state index is 0.185. The average molecular weight is 949 g/mol. The number of carbonyl (C=O) groups is 4. The highest BCUT2D eigenvalue weighted by atomic mass is 16.4. The molecule has 71 heavy (non-hydrogen) atoms. The third kappa shape index (κ3) is 10.7. The van der Waals surface area contributed by atoms with Crippen LogP contribution in [0, 0.1) is 0 Å². The molecule has 0 saturated carbocycles. The van der Waals surface area contributed by atoms with Crippen LogP contribution in [0.3, 0.4) is 0 Å². The lowest BCUT2D eigenvalue weighted by molar-refractivity contribution is -0.671. The van der Waals surface area contributed by atoms with Gasteiger partial charge in [0, 0.05) is 125 Å². The molecule has 0 aliphatic carbocycles. The van der Waals surface area contributed by atoms with E-state index in [1.165, 1.54) is 4.90 Å². The summed E-state index contributed by atoms with van der Waals surface area (Å²) in [6, 6.07) is 27.6. The number of carbonyl (C=O) groups excluding carboxylic acids is 4. The van der Waals surface area contributed by atoms with Crippen LogP contribution in [0.5, 0.6) is 0 Å². The number of H-pyrrole nitrogens is 2. The minimum atomic E-state index is -1.53. The zero-order valence-electron chi connectivity index (χ0n) is 39.1. The summed E-state index contributed by atoms with van der Waals surface area (Å²) in [4.78, 5) is 68.9. The number of hydrogen-bond donors (Lipinski definition) is 3. The number of aryl methyl sites for hydroxylation is 3. The molecular weight excluding hydrogens is 901 g/mol. The van der Waals surface area contributed by atoms with Crippen molar-refractivity contribution in [3.63, 3.8) is 0 Å². The van der Waals surface area contributed by atoms with Gasteiger partial charge < -0.3 is 45.0 Å². The van der Waals surface area contributed by atoms with Crippen LogP contribution in [0.15, 0.2) is 122 Å². The molecule has 7 aromatic rings. The molecule has 9 rings (SSSR count).